The quantitative estimate of drug-likeness (QED) is 0.260. The van der Waals surface area contributed by atoms with Gasteiger partial charge in [-0.05, 0) is 17.9 Å². The SMILES string of the molecule is CCSCCC(C(N)=O)N(CP(=O)(O)O)CP(=O)(O)O. The van der Waals surface area contributed by atoms with Gasteiger partial charge in [0, 0.05) is 0 Å². The molecule has 120 valence electrons. The summed E-state index contributed by atoms with van der Waals surface area (Å²) >= 11 is 1.48. The summed E-state index contributed by atoms with van der Waals surface area (Å²) in [6, 6.07) is -1.13. The molecule has 6 N–H and O–H groups in total. The fraction of sp³-hybridized carbons (Fsp3) is 0.875. The van der Waals surface area contributed by atoms with Crippen LogP contribution in [-0.2, 0) is 13.9 Å². The molecule has 0 aliphatic heterocycles. The molecule has 0 aliphatic carbocycles. The Labute approximate surface area is 121 Å². The van der Waals surface area contributed by atoms with Crippen molar-refractivity contribution in [3.05, 3.63) is 0 Å². The van der Waals surface area contributed by atoms with E-state index in [4.69, 9.17) is 25.3 Å². The van der Waals surface area contributed by atoms with E-state index in [1.807, 2.05) is 6.92 Å². The molecule has 0 aromatic rings. The summed E-state index contributed by atoms with van der Waals surface area (Å²) in [5, 5.41) is 0. The summed E-state index contributed by atoms with van der Waals surface area (Å²) in [6.45, 7) is 1.90. The molecule has 0 rings (SSSR count). The van der Waals surface area contributed by atoms with Crippen LogP contribution in [0.5, 0.6) is 0 Å². The first-order valence-electron chi connectivity index (χ1n) is 5.66. The maximum atomic E-state index is 11.4. The number of rotatable bonds is 10. The average Bonchev–Trinajstić information content (AvgIpc) is 2.18. The number of nitrogens with zero attached hydrogens (tertiary/aromatic N) is 1. The van der Waals surface area contributed by atoms with Crippen molar-refractivity contribution in [1.29, 1.82) is 0 Å². The molecule has 0 aromatic carbocycles. The number of carbonyl (C=O) groups is 1. The highest BCUT2D eigenvalue weighted by Gasteiger charge is 2.33. The summed E-state index contributed by atoms with van der Waals surface area (Å²) < 4.78 is 22.1. The van der Waals surface area contributed by atoms with Gasteiger partial charge in [0.1, 0.15) is 12.6 Å². The van der Waals surface area contributed by atoms with Crippen molar-refractivity contribution >= 4 is 32.9 Å². The lowest BCUT2D eigenvalue weighted by Gasteiger charge is -2.29. The van der Waals surface area contributed by atoms with E-state index in [0.717, 1.165) is 10.7 Å². The number of carbonyl (C=O) groups excluding carboxylic acids is 1. The topological polar surface area (TPSA) is 161 Å². The lowest BCUT2D eigenvalue weighted by Crippen LogP contribution is -2.46. The Hall–Kier alpha value is 0.0800. The van der Waals surface area contributed by atoms with Gasteiger partial charge in [-0.15, -0.1) is 0 Å². The van der Waals surface area contributed by atoms with Crippen LogP contribution in [0.25, 0.3) is 0 Å². The molecule has 0 bridgehead atoms. The first-order valence-corrected chi connectivity index (χ1v) is 10.4. The lowest BCUT2D eigenvalue weighted by atomic mass is 10.2. The van der Waals surface area contributed by atoms with Gasteiger partial charge in [-0.1, -0.05) is 6.92 Å². The van der Waals surface area contributed by atoms with Crippen molar-refractivity contribution in [1.82, 2.24) is 4.90 Å². The van der Waals surface area contributed by atoms with Crippen LogP contribution >= 0.6 is 27.0 Å². The minimum absolute atomic E-state index is 0.161. The van der Waals surface area contributed by atoms with E-state index in [0.29, 0.717) is 5.75 Å². The number of hydrogen-bond donors (Lipinski definition) is 5. The Kier molecular flexibility index (Phi) is 8.54. The van der Waals surface area contributed by atoms with Gasteiger partial charge in [0.2, 0.25) is 5.91 Å². The van der Waals surface area contributed by atoms with Gasteiger partial charge in [0.15, 0.2) is 0 Å². The second-order valence-electron chi connectivity index (χ2n) is 4.10. The molecule has 1 unspecified atom stereocenters. The molecule has 0 saturated carbocycles. The maximum absolute atomic E-state index is 11.4. The van der Waals surface area contributed by atoms with E-state index in [1.54, 1.807) is 0 Å². The molecule has 0 radical (unpaired) electrons. The van der Waals surface area contributed by atoms with Crippen LogP contribution in [0.1, 0.15) is 13.3 Å². The van der Waals surface area contributed by atoms with Crippen molar-refractivity contribution in [2.45, 2.75) is 19.4 Å². The Morgan fingerprint density at radius 3 is 1.95 bits per heavy atom. The fourth-order valence-electron chi connectivity index (χ4n) is 1.56. The van der Waals surface area contributed by atoms with Crippen LogP contribution in [0.4, 0.5) is 0 Å². The zero-order valence-corrected chi connectivity index (χ0v) is 13.6. The zero-order chi connectivity index (χ0) is 16.0. The van der Waals surface area contributed by atoms with Crippen LogP contribution in [-0.4, -0.2) is 60.5 Å². The highest BCUT2D eigenvalue weighted by Crippen LogP contribution is 2.42. The van der Waals surface area contributed by atoms with E-state index in [2.05, 4.69) is 0 Å². The smallest absolute Gasteiger partial charge is 0.339 e. The van der Waals surface area contributed by atoms with Crippen LogP contribution in [0.15, 0.2) is 0 Å². The lowest BCUT2D eigenvalue weighted by molar-refractivity contribution is -0.122. The molecule has 9 nitrogen and oxygen atoms in total. The zero-order valence-electron chi connectivity index (χ0n) is 11.0. The third-order valence-corrected chi connectivity index (χ3v) is 4.64. The van der Waals surface area contributed by atoms with Crippen molar-refractivity contribution < 1.29 is 33.5 Å². The van der Waals surface area contributed by atoms with Crippen molar-refractivity contribution in [2.75, 3.05) is 24.1 Å². The van der Waals surface area contributed by atoms with Gasteiger partial charge in [-0.3, -0.25) is 18.8 Å². The number of hydrogen-bond acceptors (Lipinski definition) is 5. The Morgan fingerprint density at radius 1 is 1.20 bits per heavy atom. The molecule has 0 spiro atoms. The molecule has 0 aliphatic rings. The van der Waals surface area contributed by atoms with Gasteiger partial charge >= 0.3 is 15.2 Å². The van der Waals surface area contributed by atoms with E-state index in [1.165, 1.54) is 11.8 Å². The van der Waals surface area contributed by atoms with Gasteiger partial charge < -0.3 is 25.3 Å². The second kappa shape index (κ2) is 8.51. The van der Waals surface area contributed by atoms with Crippen molar-refractivity contribution in [3.8, 4) is 0 Å². The van der Waals surface area contributed by atoms with E-state index in [9.17, 15) is 13.9 Å². The Morgan fingerprint density at radius 2 is 1.65 bits per heavy atom. The van der Waals surface area contributed by atoms with Crippen LogP contribution < -0.4 is 5.73 Å². The number of nitrogens with two attached hydrogens (primary N) is 1. The van der Waals surface area contributed by atoms with Crippen LogP contribution in [0, 0.1) is 0 Å². The van der Waals surface area contributed by atoms with Crippen LogP contribution in [0.2, 0.25) is 0 Å². The summed E-state index contributed by atoms with van der Waals surface area (Å²) in [5.74, 6) is 0.398. The highest BCUT2D eigenvalue weighted by atomic mass is 32.2. The van der Waals surface area contributed by atoms with Gasteiger partial charge in [0.05, 0.1) is 6.04 Å². The molecule has 0 saturated heterocycles. The minimum Gasteiger partial charge on any atom is -0.368 e. The number of primary amides is 1. The first kappa shape index (κ1) is 20.1. The minimum atomic E-state index is -4.57. The standard InChI is InChI=1S/C8H20N2O7P2S/c1-2-20-4-3-7(8(9)11)10(5-18(12,13)14)6-19(15,16)17/h7H,2-6H2,1H3,(H2,9,11)(H2,12,13,14)(H2,15,16,17). The Balaban J connectivity index is 5.04. The molecule has 1 amide bonds. The molecule has 12 heteroatoms. The summed E-state index contributed by atoms with van der Waals surface area (Å²) in [7, 11) is -9.15. The third kappa shape index (κ3) is 9.90. The van der Waals surface area contributed by atoms with Gasteiger partial charge in [0.25, 0.3) is 0 Å². The van der Waals surface area contributed by atoms with Gasteiger partial charge in [-0.25, -0.2) is 0 Å². The van der Waals surface area contributed by atoms with Crippen LogP contribution in [0.3, 0.4) is 0 Å². The summed E-state index contributed by atoms with van der Waals surface area (Å²) in [6.07, 6.45) is -1.70. The number of thioether (sulfide) groups is 1. The molecule has 0 fully saturated rings. The third-order valence-electron chi connectivity index (χ3n) is 2.24. The van der Waals surface area contributed by atoms with Crippen molar-refractivity contribution in [3.63, 3.8) is 0 Å². The largest absolute Gasteiger partial charge is 0.368 e. The second-order valence-corrected chi connectivity index (χ2v) is 8.72. The molecule has 1 atom stereocenters. The van der Waals surface area contributed by atoms with E-state index in [-0.39, 0.29) is 6.42 Å². The fourth-order valence-corrected chi connectivity index (χ4v) is 3.94. The normalized spacial score (nSPS) is 14.5. The van der Waals surface area contributed by atoms with E-state index >= 15 is 0 Å². The van der Waals surface area contributed by atoms with Crippen molar-refractivity contribution in [2.24, 2.45) is 5.73 Å². The molecular weight excluding hydrogens is 330 g/mol. The average molecular weight is 350 g/mol. The molecule has 0 aromatic heterocycles. The molecular formula is C8H20N2O7P2S. The first-order chi connectivity index (χ1) is 8.96. The monoisotopic (exact) mass is 350 g/mol. The predicted octanol–water partition coefficient (Wildman–Crippen LogP) is -0.444. The van der Waals surface area contributed by atoms with Gasteiger partial charge in [-0.2, -0.15) is 11.8 Å². The van der Waals surface area contributed by atoms with E-state index < -0.39 is 39.7 Å². The Bertz CT molecular complexity index is 386. The molecule has 20 heavy (non-hydrogen) atoms. The summed E-state index contributed by atoms with van der Waals surface area (Å²) in [5.41, 5.74) is 5.16. The molecule has 0 heterocycles. The maximum Gasteiger partial charge on any atom is 0.339 e. The highest BCUT2D eigenvalue weighted by molar-refractivity contribution is 7.99. The number of amides is 1. The summed E-state index contributed by atoms with van der Waals surface area (Å²) in [4.78, 5) is 47.9. The predicted molar refractivity (Wildman–Crippen MR) is 76.3 cm³/mol.